The Hall–Kier alpha value is -3.00. The number of hydrogen-bond donors (Lipinski definition) is 1. The van der Waals surface area contributed by atoms with Gasteiger partial charge in [-0.1, -0.05) is 18.2 Å². The van der Waals surface area contributed by atoms with Crippen LogP contribution in [0.25, 0.3) is 11.0 Å². The van der Waals surface area contributed by atoms with E-state index < -0.39 is 11.9 Å². The van der Waals surface area contributed by atoms with Crippen LogP contribution >= 0.6 is 11.7 Å². The molecule has 7 nitrogen and oxygen atoms in total. The lowest BCUT2D eigenvalue weighted by molar-refractivity contribution is -0.147. The van der Waals surface area contributed by atoms with Gasteiger partial charge in [-0.05, 0) is 36.8 Å². The third-order valence-corrected chi connectivity index (χ3v) is 4.03. The van der Waals surface area contributed by atoms with Crippen molar-refractivity contribution in [3.05, 3.63) is 48.0 Å². The van der Waals surface area contributed by atoms with Crippen molar-refractivity contribution < 1.29 is 19.1 Å². The summed E-state index contributed by atoms with van der Waals surface area (Å²) < 4.78 is 18.7. The van der Waals surface area contributed by atoms with E-state index >= 15 is 0 Å². The molecule has 1 heterocycles. The molecular formula is C18H17N3O4S. The Labute approximate surface area is 154 Å². The van der Waals surface area contributed by atoms with Crippen LogP contribution in [0.15, 0.2) is 42.5 Å². The van der Waals surface area contributed by atoms with Crippen LogP contribution in [0.5, 0.6) is 5.75 Å². The quantitative estimate of drug-likeness (QED) is 0.642. The first-order valence-corrected chi connectivity index (χ1v) is 8.71. The first-order valence-electron chi connectivity index (χ1n) is 7.98. The molecule has 0 aliphatic carbocycles. The smallest absolute Gasteiger partial charge is 0.309 e. The molecule has 0 bridgehead atoms. The summed E-state index contributed by atoms with van der Waals surface area (Å²) in [6.07, 6.45) is 0.0623. The van der Waals surface area contributed by atoms with Gasteiger partial charge in [-0.2, -0.15) is 8.75 Å². The third-order valence-electron chi connectivity index (χ3n) is 3.49. The summed E-state index contributed by atoms with van der Waals surface area (Å²) in [5, 5.41) is 2.67. The van der Waals surface area contributed by atoms with Gasteiger partial charge in [-0.15, -0.1) is 0 Å². The molecule has 0 atom stereocenters. The number of anilines is 1. The highest BCUT2D eigenvalue weighted by Gasteiger charge is 2.11. The monoisotopic (exact) mass is 371 g/mol. The van der Waals surface area contributed by atoms with Crippen molar-refractivity contribution in [3.8, 4) is 5.75 Å². The van der Waals surface area contributed by atoms with E-state index in [1.165, 1.54) is 0 Å². The summed E-state index contributed by atoms with van der Waals surface area (Å²) in [7, 11) is 0. The Morgan fingerprint density at radius 2 is 2.00 bits per heavy atom. The number of nitrogens with zero attached hydrogens (tertiary/aromatic N) is 2. The number of hydrogen-bond acceptors (Lipinski definition) is 7. The van der Waals surface area contributed by atoms with Crippen molar-refractivity contribution in [2.45, 2.75) is 13.3 Å². The van der Waals surface area contributed by atoms with Gasteiger partial charge in [-0.25, -0.2) is 0 Å². The summed E-state index contributed by atoms with van der Waals surface area (Å²) in [5.41, 5.74) is 2.94. The Morgan fingerprint density at radius 1 is 1.15 bits per heavy atom. The normalized spacial score (nSPS) is 10.5. The van der Waals surface area contributed by atoms with Crippen molar-refractivity contribution >= 4 is 40.3 Å². The fourth-order valence-electron chi connectivity index (χ4n) is 2.27. The van der Waals surface area contributed by atoms with Crippen LogP contribution in [-0.2, 0) is 14.3 Å². The molecule has 3 rings (SSSR count). The predicted octanol–water partition coefficient (Wildman–Crippen LogP) is 2.95. The molecule has 8 heteroatoms. The largest absolute Gasteiger partial charge is 0.493 e. The zero-order valence-corrected chi connectivity index (χ0v) is 14.9. The SMILES string of the molecule is Cc1cccc(OCCC(=O)OCC(=O)Nc2cccc3nsnc23)c1. The van der Waals surface area contributed by atoms with E-state index in [0.717, 1.165) is 17.3 Å². The molecular weight excluding hydrogens is 354 g/mol. The maximum absolute atomic E-state index is 12.0. The topological polar surface area (TPSA) is 90.4 Å². The number of ether oxygens (including phenoxy) is 2. The molecule has 0 saturated heterocycles. The zero-order valence-electron chi connectivity index (χ0n) is 14.1. The summed E-state index contributed by atoms with van der Waals surface area (Å²) >= 11 is 1.07. The van der Waals surface area contributed by atoms with Crippen LogP contribution < -0.4 is 10.1 Å². The lowest BCUT2D eigenvalue weighted by atomic mass is 10.2. The molecule has 26 heavy (non-hydrogen) atoms. The Kier molecular flexibility index (Phi) is 5.75. The van der Waals surface area contributed by atoms with Crippen LogP contribution in [0.3, 0.4) is 0 Å². The molecule has 1 aromatic heterocycles. The van der Waals surface area contributed by atoms with Gasteiger partial charge >= 0.3 is 5.97 Å². The van der Waals surface area contributed by atoms with Crippen LogP contribution in [0, 0.1) is 6.92 Å². The fraction of sp³-hybridized carbons (Fsp3) is 0.222. The van der Waals surface area contributed by atoms with Gasteiger partial charge in [0.2, 0.25) is 0 Å². The molecule has 0 fully saturated rings. The van der Waals surface area contributed by atoms with E-state index in [0.29, 0.717) is 22.5 Å². The summed E-state index contributed by atoms with van der Waals surface area (Å²) in [6.45, 7) is 1.78. The molecule has 0 aliphatic rings. The number of esters is 1. The highest BCUT2D eigenvalue weighted by atomic mass is 32.1. The minimum absolute atomic E-state index is 0.0623. The van der Waals surface area contributed by atoms with Crippen molar-refractivity contribution in [3.63, 3.8) is 0 Å². The van der Waals surface area contributed by atoms with Crippen molar-refractivity contribution in [2.24, 2.45) is 0 Å². The van der Waals surface area contributed by atoms with Crippen LogP contribution in [0.4, 0.5) is 5.69 Å². The van der Waals surface area contributed by atoms with Gasteiger partial charge in [0.15, 0.2) is 6.61 Å². The predicted molar refractivity (Wildman–Crippen MR) is 98.3 cm³/mol. The second-order valence-corrected chi connectivity index (χ2v) is 6.09. The highest BCUT2D eigenvalue weighted by molar-refractivity contribution is 7.00. The van der Waals surface area contributed by atoms with E-state index in [2.05, 4.69) is 14.1 Å². The number of benzene rings is 2. The van der Waals surface area contributed by atoms with E-state index in [-0.39, 0.29) is 19.6 Å². The summed E-state index contributed by atoms with van der Waals surface area (Å²) in [5.74, 6) is -0.236. The van der Waals surface area contributed by atoms with Crippen LogP contribution in [0.2, 0.25) is 0 Å². The molecule has 0 aliphatic heterocycles. The number of nitrogens with one attached hydrogen (secondary N) is 1. The standard InChI is InChI=1S/C18H17N3O4S/c1-12-4-2-5-13(10-12)24-9-8-17(23)25-11-16(22)19-14-6-3-7-15-18(14)21-26-20-15/h2-7,10H,8-9,11H2,1H3,(H,19,22). The molecule has 0 unspecified atom stereocenters. The number of carbonyl (C=O) groups is 2. The first-order chi connectivity index (χ1) is 12.6. The molecule has 2 aromatic carbocycles. The number of fused-ring (bicyclic) bond motifs is 1. The lowest BCUT2D eigenvalue weighted by Crippen LogP contribution is -2.21. The Morgan fingerprint density at radius 3 is 2.85 bits per heavy atom. The van der Waals surface area contributed by atoms with Gasteiger partial charge < -0.3 is 14.8 Å². The number of amides is 1. The number of carbonyl (C=O) groups excluding carboxylic acids is 2. The fourth-order valence-corrected chi connectivity index (χ4v) is 2.82. The number of rotatable bonds is 7. The van der Waals surface area contributed by atoms with E-state index in [9.17, 15) is 9.59 Å². The minimum Gasteiger partial charge on any atom is -0.493 e. The summed E-state index contributed by atoms with van der Waals surface area (Å²) in [4.78, 5) is 23.7. The molecule has 1 amide bonds. The van der Waals surface area contributed by atoms with Crippen molar-refractivity contribution in [1.82, 2.24) is 8.75 Å². The molecule has 0 saturated carbocycles. The molecule has 0 spiro atoms. The van der Waals surface area contributed by atoms with Gasteiger partial charge in [0, 0.05) is 0 Å². The van der Waals surface area contributed by atoms with Gasteiger partial charge in [0.05, 0.1) is 30.4 Å². The first kappa shape index (κ1) is 17.8. The maximum atomic E-state index is 12.0. The number of aryl methyl sites for hydroxylation is 1. The molecule has 0 radical (unpaired) electrons. The Balaban J connectivity index is 1.41. The van der Waals surface area contributed by atoms with Crippen LogP contribution in [-0.4, -0.2) is 33.8 Å². The van der Waals surface area contributed by atoms with E-state index in [1.807, 2.05) is 37.3 Å². The van der Waals surface area contributed by atoms with Crippen molar-refractivity contribution in [2.75, 3.05) is 18.5 Å². The average molecular weight is 371 g/mol. The van der Waals surface area contributed by atoms with Gasteiger partial charge in [0.25, 0.3) is 5.91 Å². The average Bonchev–Trinajstić information content (AvgIpc) is 3.10. The zero-order chi connectivity index (χ0) is 18.4. The minimum atomic E-state index is -0.499. The van der Waals surface area contributed by atoms with Crippen LogP contribution in [0.1, 0.15) is 12.0 Å². The molecule has 3 aromatic rings. The van der Waals surface area contributed by atoms with Crippen molar-refractivity contribution in [1.29, 1.82) is 0 Å². The lowest BCUT2D eigenvalue weighted by Gasteiger charge is -2.08. The van der Waals surface area contributed by atoms with E-state index in [1.54, 1.807) is 12.1 Å². The molecule has 134 valence electrons. The molecule has 1 N–H and O–H groups in total. The second-order valence-electron chi connectivity index (χ2n) is 5.56. The number of aromatic nitrogens is 2. The van der Waals surface area contributed by atoms with Gasteiger partial charge in [0.1, 0.15) is 16.8 Å². The highest BCUT2D eigenvalue weighted by Crippen LogP contribution is 2.20. The summed E-state index contributed by atoms with van der Waals surface area (Å²) in [6, 6.07) is 12.8. The Bertz CT molecular complexity index is 925. The van der Waals surface area contributed by atoms with Gasteiger partial charge in [-0.3, -0.25) is 9.59 Å². The van der Waals surface area contributed by atoms with E-state index in [4.69, 9.17) is 9.47 Å². The third kappa shape index (κ3) is 4.76. The maximum Gasteiger partial charge on any atom is 0.309 e. The second kappa shape index (κ2) is 8.39.